The first-order valence-electron chi connectivity index (χ1n) is 12.1. The van der Waals surface area contributed by atoms with E-state index in [0.717, 1.165) is 55.7 Å². The van der Waals surface area contributed by atoms with Gasteiger partial charge in [0.05, 0.1) is 29.8 Å². The number of ether oxygens (including phenoxy) is 1. The van der Waals surface area contributed by atoms with E-state index in [1.54, 1.807) is 27.7 Å². The van der Waals surface area contributed by atoms with Crippen molar-refractivity contribution in [3.05, 3.63) is 41.3 Å². The summed E-state index contributed by atoms with van der Waals surface area (Å²) in [6.07, 6.45) is 13.3. The van der Waals surface area contributed by atoms with Crippen molar-refractivity contribution in [3.63, 3.8) is 0 Å². The van der Waals surface area contributed by atoms with Crippen molar-refractivity contribution in [1.82, 2.24) is 38.7 Å². The zero-order valence-electron chi connectivity index (χ0n) is 20.3. The first-order chi connectivity index (χ1) is 16.4. The van der Waals surface area contributed by atoms with Gasteiger partial charge in [0.1, 0.15) is 6.23 Å². The van der Waals surface area contributed by atoms with Crippen molar-refractivity contribution in [3.8, 4) is 22.6 Å². The van der Waals surface area contributed by atoms with Crippen LogP contribution in [0.5, 0.6) is 0 Å². The van der Waals surface area contributed by atoms with Crippen LogP contribution in [0, 0.1) is 5.92 Å². The van der Waals surface area contributed by atoms with E-state index in [1.807, 2.05) is 35.6 Å². The Kier molecular flexibility index (Phi) is 6.07. The number of aryl methyl sites for hydroxylation is 1. The van der Waals surface area contributed by atoms with Gasteiger partial charge in [-0.15, -0.1) is 5.10 Å². The molecule has 0 N–H and O–H groups in total. The van der Waals surface area contributed by atoms with E-state index in [2.05, 4.69) is 29.0 Å². The lowest BCUT2D eigenvalue weighted by Crippen LogP contribution is -2.27. The Morgan fingerprint density at radius 2 is 1.88 bits per heavy atom. The molecule has 0 saturated carbocycles. The molecule has 0 amide bonds. The van der Waals surface area contributed by atoms with Gasteiger partial charge in [0.15, 0.2) is 5.82 Å². The fraction of sp³-hybridized carbons (Fsp3) is 0.542. The fourth-order valence-corrected chi connectivity index (χ4v) is 4.36. The predicted molar refractivity (Wildman–Crippen MR) is 128 cm³/mol. The summed E-state index contributed by atoms with van der Waals surface area (Å²) in [6.45, 7) is 9.91. The Hall–Kier alpha value is -3.27. The standard InChI is InChI=1S/C24H32N8O2/c1-16(2)8-9-29-14-19(12-26-29)22-28-32-20(13-25-23(32)24(33)31(22)17(3)4)18-11-27-30(15-18)21-7-5-6-10-34-21/h11-17,21H,5-10H2,1-4H3. The van der Waals surface area contributed by atoms with E-state index in [9.17, 15) is 4.79 Å². The number of aromatic nitrogens is 8. The maximum Gasteiger partial charge on any atom is 0.297 e. The molecule has 0 spiro atoms. The second-order valence-electron chi connectivity index (χ2n) is 9.68. The molecule has 1 saturated heterocycles. The van der Waals surface area contributed by atoms with Crippen LogP contribution in [0.2, 0.25) is 0 Å². The molecule has 0 aliphatic carbocycles. The smallest absolute Gasteiger partial charge is 0.297 e. The number of rotatable bonds is 7. The van der Waals surface area contributed by atoms with E-state index in [4.69, 9.17) is 9.84 Å². The second kappa shape index (κ2) is 9.17. The second-order valence-corrected chi connectivity index (χ2v) is 9.68. The van der Waals surface area contributed by atoms with Crippen molar-refractivity contribution in [2.75, 3.05) is 6.61 Å². The molecule has 1 aliphatic rings. The van der Waals surface area contributed by atoms with E-state index < -0.39 is 0 Å². The molecular formula is C24H32N8O2. The van der Waals surface area contributed by atoms with Crippen LogP contribution in [-0.4, -0.2) is 45.3 Å². The Morgan fingerprint density at radius 3 is 2.62 bits per heavy atom. The summed E-state index contributed by atoms with van der Waals surface area (Å²) in [5, 5.41) is 13.9. The first kappa shape index (κ1) is 22.5. The molecule has 4 aromatic rings. The summed E-state index contributed by atoms with van der Waals surface area (Å²) in [4.78, 5) is 17.9. The van der Waals surface area contributed by atoms with Gasteiger partial charge in [-0.2, -0.15) is 10.2 Å². The molecule has 10 heteroatoms. The lowest BCUT2D eigenvalue weighted by Gasteiger charge is -2.22. The monoisotopic (exact) mass is 464 g/mol. The average Bonchev–Trinajstić information content (AvgIpc) is 3.57. The molecule has 0 aromatic carbocycles. The molecule has 4 aromatic heterocycles. The topological polar surface area (TPSA) is 97.1 Å². The van der Waals surface area contributed by atoms with Gasteiger partial charge in [0, 0.05) is 37.2 Å². The minimum Gasteiger partial charge on any atom is -0.357 e. The molecule has 0 bridgehead atoms. The molecule has 0 radical (unpaired) electrons. The number of nitrogens with zero attached hydrogens (tertiary/aromatic N) is 8. The van der Waals surface area contributed by atoms with E-state index in [1.165, 1.54) is 0 Å². The first-order valence-corrected chi connectivity index (χ1v) is 12.1. The Balaban J connectivity index is 1.57. The number of hydrogen-bond donors (Lipinski definition) is 0. The van der Waals surface area contributed by atoms with Crippen LogP contribution in [-0.2, 0) is 11.3 Å². The van der Waals surface area contributed by atoms with Gasteiger partial charge in [-0.25, -0.2) is 14.2 Å². The number of imidazole rings is 1. The summed E-state index contributed by atoms with van der Waals surface area (Å²) < 4.78 is 12.9. The van der Waals surface area contributed by atoms with Crippen LogP contribution in [0.15, 0.2) is 35.8 Å². The fourth-order valence-electron chi connectivity index (χ4n) is 4.36. The molecule has 1 aliphatic heterocycles. The van der Waals surface area contributed by atoms with Gasteiger partial charge in [-0.05, 0) is 45.4 Å². The summed E-state index contributed by atoms with van der Waals surface area (Å²) in [5.74, 6) is 1.16. The highest BCUT2D eigenvalue weighted by Gasteiger charge is 2.22. The van der Waals surface area contributed by atoms with Gasteiger partial charge in [0.2, 0.25) is 5.65 Å². The van der Waals surface area contributed by atoms with Gasteiger partial charge in [0.25, 0.3) is 5.56 Å². The van der Waals surface area contributed by atoms with Crippen LogP contribution >= 0.6 is 0 Å². The van der Waals surface area contributed by atoms with Gasteiger partial charge >= 0.3 is 0 Å². The van der Waals surface area contributed by atoms with Gasteiger partial charge < -0.3 is 4.74 Å². The number of hydrogen-bond acceptors (Lipinski definition) is 6. The summed E-state index contributed by atoms with van der Waals surface area (Å²) in [6, 6.07) is -0.0784. The van der Waals surface area contributed by atoms with Gasteiger partial charge in [-0.3, -0.25) is 14.0 Å². The van der Waals surface area contributed by atoms with Crippen molar-refractivity contribution in [2.45, 2.75) is 72.2 Å². The molecule has 1 unspecified atom stereocenters. The summed E-state index contributed by atoms with van der Waals surface area (Å²) >= 11 is 0. The molecule has 5 heterocycles. The summed E-state index contributed by atoms with van der Waals surface area (Å²) in [7, 11) is 0. The predicted octanol–water partition coefficient (Wildman–Crippen LogP) is 3.94. The largest absolute Gasteiger partial charge is 0.357 e. The van der Waals surface area contributed by atoms with Crippen molar-refractivity contribution >= 4 is 5.65 Å². The third kappa shape index (κ3) is 4.18. The quantitative estimate of drug-likeness (QED) is 0.411. The molecule has 10 nitrogen and oxygen atoms in total. The van der Waals surface area contributed by atoms with Crippen LogP contribution in [0.4, 0.5) is 0 Å². The van der Waals surface area contributed by atoms with E-state index in [0.29, 0.717) is 17.4 Å². The maximum atomic E-state index is 13.5. The Morgan fingerprint density at radius 1 is 1.06 bits per heavy atom. The average molecular weight is 465 g/mol. The third-order valence-electron chi connectivity index (χ3n) is 6.26. The van der Waals surface area contributed by atoms with Crippen molar-refractivity contribution < 1.29 is 4.74 Å². The van der Waals surface area contributed by atoms with E-state index >= 15 is 0 Å². The maximum absolute atomic E-state index is 13.5. The zero-order chi connectivity index (χ0) is 23.8. The van der Waals surface area contributed by atoms with Crippen LogP contribution < -0.4 is 5.56 Å². The molecule has 34 heavy (non-hydrogen) atoms. The SMILES string of the molecule is CC(C)CCn1cc(-c2nn3c(-c4cnn(C5CCCCO5)c4)cnc3c(=O)n2C(C)C)cn1. The lowest BCUT2D eigenvalue weighted by atomic mass is 10.1. The summed E-state index contributed by atoms with van der Waals surface area (Å²) in [5.41, 5.74) is 2.49. The van der Waals surface area contributed by atoms with E-state index in [-0.39, 0.29) is 17.8 Å². The Labute approximate surface area is 198 Å². The van der Waals surface area contributed by atoms with Crippen molar-refractivity contribution in [1.29, 1.82) is 0 Å². The minimum absolute atomic E-state index is 0.0555. The zero-order valence-corrected chi connectivity index (χ0v) is 20.3. The normalized spacial score (nSPS) is 16.8. The molecule has 1 fully saturated rings. The molecule has 180 valence electrons. The van der Waals surface area contributed by atoms with Crippen molar-refractivity contribution in [2.24, 2.45) is 5.92 Å². The highest BCUT2D eigenvalue weighted by molar-refractivity contribution is 5.62. The molecule has 1 atom stereocenters. The Bertz CT molecular complexity index is 1340. The highest BCUT2D eigenvalue weighted by atomic mass is 16.5. The number of fused-ring (bicyclic) bond motifs is 1. The van der Waals surface area contributed by atoms with Crippen LogP contribution in [0.25, 0.3) is 28.3 Å². The van der Waals surface area contributed by atoms with Crippen LogP contribution in [0.1, 0.15) is 65.6 Å². The third-order valence-corrected chi connectivity index (χ3v) is 6.26. The minimum atomic E-state index is -0.177. The van der Waals surface area contributed by atoms with Crippen LogP contribution in [0.3, 0.4) is 0 Å². The molecular weight excluding hydrogens is 432 g/mol. The lowest BCUT2D eigenvalue weighted by molar-refractivity contribution is -0.0394. The highest BCUT2D eigenvalue weighted by Crippen LogP contribution is 2.26. The molecule has 5 rings (SSSR count). The van der Waals surface area contributed by atoms with Gasteiger partial charge in [-0.1, -0.05) is 13.8 Å².